The summed E-state index contributed by atoms with van der Waals surface area (Å²) in [5.41, 5.74) is 2.28. The summed E-state index contributed by atoms with van der Waals surface area (Å²) in [5, 5.41) is 7.90. The van der Waals surface area contributed by atoms with Gasteiger partial charge in [-0.1, -0.05) is 13.8 Å². The number of hydrogen-bond donors (Lipinski definition) is 1. The minimum atomic E-state index is 0.463. The van der Waals surface area contributed by atoms with Crippen LogP contribution in [0.3, 0.4) is 0 Å². The standard InChI is InChI=1S/C12H19N5/c1-9(2)14-7-11-10(3)15-16(4)12(11)17-6-5-13-8-17/h5-6,8-9,14H,7H2,1-4H3. The molecule has 2 aromatic heterocycles. The van der Waals surface area contributed by atoms with Crippen molar-refractivity contribution < 1.29 is 0 Å². The Labute approximate surface area is 101 Å². The zero-order chi connectivity index (χ0) is 12.4. The van der Waals surface area contributed by atoms with E-state index in [-0.39, 0.29) is 0 Å². The Kier molecular flexibility index (Phi) is 3.28. The van der Waals surface area contributed by atoms with Crippen molar-refractivity contribution in [1.29, 1.82) is 0 Å². The van der Waals surface area contributed by atoms with Crippen LogP contribution in [0.25, 0.3) is 5.82 Å². The second-order valence-electron chi connectivity index (χ2n) is 4.52. The minimum absolute atomic E-state index is 0.463. The molecule has 92 valence electrons. The average molecular weight is 233 g/mol. The van der Waals surface area contributed by atoms with Gasteiger partial charge in [-0.15, -0.1) is 0 Å². The van der Waals surface area contributed by atoms with Gasteiger partial charge in [0.05, 0.1) is 5.69 Å². The molecule has 0 radical (unpaired) electrons. The average Bonchev–Trinajstić information content (AvgIpc) is 2.83. The molecule has 0 aliphatic rings. The van der Waals surface area contributed by atoms with E-state index in [2.05, 4.69) is 29.2 Å². The van der Waals surface area contributed by atoms with Crippen molar-refractivity contribution in [2.24, 2.45) is 7.05 Å². The van der Waals surface area contributed by atoms with Crippen LogP contribution in [0.2, 0.25) is 0 Å². The van der Waals surface area contributed by atoms with Gasteiger partial charge in [0.1, 0.15) is 12.1 Å². The van der Waals surface area contributed by atoms with Gasteiger partial charge in [-0.3, -0.25) is 9.25 Å². The van der Waals surface area contributed by atoms with Crippen LogP contribution >= 0.6 is 0 Å². The van der Waals surface area contributed by atoms with Gasteiger partial charge in [-0.05, 0) is 6.92 Å². The molecule has 0 spiro atoms. The number of nitrogens with zero attached hydrogens (tertiary/aromatic N) is 4. The van der Waals surface area contributed by atoms with Crippen molar-refractivity contribution in [2.75, 3.05) is 0 Å². The normalized spacial score (nSPS) is 11.4. The molecule has 0 aliphatic heterocycles. The Morgan fingerprint density at radius 1 is 1.41 bits per heavy atom. The predicted octanol–water partition coefficient (Wildman–Crippen LogP) is 1.41. The van der Waals surface area contributed by atoms with E-state index in [1.807, 2.05) is 29.4 Å². The van der Waals surface area contributed by atoms with Crippen LogP contribution < -0.4 is 5.32 Å². The maximum absolute atomic E-state index is 4.47. The molecule has 0 bridgehead atoms. The predicted molar refractivity (Wildman–Crippen MR) is 67.0 cm³/mol. The maximum Gasteiger partial charge on any atom is 0.140 e. The molecular formula is C12H19N5. The van der Waals surface area contributed by atoms with E-state index in [9.17, 15) is 0 Å². The van der Waals surface area contributed by atoms with Crippen LogP contribution in [0.1, 0.15) is 25.1 Å². The molecule has 2 heterocycles. The first-order valence-corrected chi connectivity index (χ1v) is 5.83. The lowest BCUT2D eigenvalue weighted by Gasteiger charge is -2.10. The third-order valence-electron chi connectivity index (χ3n) is 2.75. The fraction of sp³-hybridized carbons (Fsp3) is 0.500. The summed E-state index contributed by atoms with van der Waals surface area (Å²) >= 11 is 0. The molecule has 0 saturated heterocycles. The van der Waals surface area contributed by atoms with Crippen molar-refractivity contribution in [1.82, 2.24) is 24.6 Å². The Balaban J connectivity index is 2.37. The monoisotopic (exact) mass is 233 g/mol. The van der Waals surface area contributed by atoms with Gasteiger partial charge in [0, 0.05) is 37.6 Å². The summed E-state index contributed by atoms with van der Waals surface area (Å²) in [6, 6.07) is 0.463. The van der Waals surface area contributed by atoms with Gasteiger partial charge < -0.3 is 5.32 Å². The first-order chi connectivity index (χ1) is 8.09. The van der Waals surface area contributed by atoms with E-state index in [0.717, 1.165) is 18.1 Å². The van der Waals surface area contributed by atoms with Crippen molar-refractivity contribution >= 4 is 0 Å². The summed E-state index contributed by atoms with van der Waals surface area (Å²) in [6.07, 6.45) is 5.52. The highest BCUT2D eigenvalue weighted by Crippen LogP contribution is 2.17. The van der Waals surface area contributed by atoms with Crippen LogP contribution in [-0.4, -0.2) is 25.4 Å². The van der Waals surface area contributed by atoms with E-state index in [0.29, 0.717) is 6.04 Å². The molecule has 0 unspecified atom stereocenters. The Bertz CT molecular complexity index is 481. The molecular weight excluding hydrogens is 214 g/mol. The van der Waals surface area contributed by atoms with Crippen molar-refractivity contribution in [3.63, 3.8) is 0 Å². The Morgan fingerprint density at radius 2 is 2.18 bits per heavy atom. The number of nitrogens with one attached hydrogen (secondary N) is 1. The first-order valence-electron chi connectivity index (χ1n) is 5.83. The first kappa shape index (κ1) is 11.9. The van der Waals surface area contributed by atoms with Crippen LogP contribution in [0, 0.1) is 6.92 Å². The topological polar surface area (TPSA) is 47.7 Å². The lowest BCUT2D eigenvalue weighted by atomic mass is 10.2. The fourth-order valence-electron chi connectivity index (χ4n) is 1.91. The van der Waals surface area contributed by atoms with Crippen molar-refractivity contribution in [2.45, 2.75) is 33.4 Å². The summed E-state index contributed by atoms with van der Waals surface area (Å²) < 4.78 is 3.89. The quantitative estimate of drug-likeness (QED) is 0.868. The maximum atomic E-state index is 4.47. The lowest BCUT2D eigenvalue weighted by Crippen LogP contribution is -2.23. The van der Waals surface area contributed by atoms with Gasteiger partial charge >= 0.3 is 0 Å². The number of hydrogen-bond acceptors (Lipinski definition) is 3. The second kappa shape index (κ2) is 4.71. The van der Waals surface area contributed by atoms with E-state index < -0.39 is 0 Å². The van der Waals surface area contributed by atoms with Gasteiger partial charge in [0.15, 0.2) is 0 Å². The fourth-order valence-corrected chi connectivity index (χ4v) is 1.91. The van der Waals surface area contributed by atoms with E-state index in [1.54, 1.807) is 12.5 Å². The molecule has 0 aromatic carbocycles. The summed E-state index contributed by atoms with van der Waals surface area (Å²) in [6.45, 7) is 7.15. The van der Waals surface area contributed by atoms with Crippen LogP contribution in [0.5, 0.6) is 0 Å². The van der Waals surface area contributed by atoms with Gasteiger partial charge in [-0.2, -0.15) is 5.10 Å². The van der Waals surface area contributed by atoms with Gasteiger partial charge in [0.2, 0.25) is 0 Å². The van der Waals surface area contributed by atoms with E-state index >= 15 is 0 Å². The molecule has 0 atom stereocenters. The molecule has 2 rings (SSSR count). The lowest BCUT2D eigenvalue weighted by molar-refractivity contribution is 0.585. The zero-order valence-electron chi connectivity index (χ0n) is 10.8. The summed E-state index contributed by atoms with van der Waals surface area (Å²) in [5.74, 6) is 1.08. The highest BCUT2D eigenvalue weighted by molar-refractivity contribution is 5.37. The van der Waals surface area contributed by atoms with Crippen LogP contribution in [-0.2, 0) is 13.6 Å². The second-order valence-corrected chi connectivity index (χ2v) is 4.52. The third-order valence-corrected chi connectivity index (χ3v) is 2.75. The molecule has 5 heteroatoms. The Hall–Kier alpha value is -1.62. The Morgan fingerprint density at radius 3 is 2.76 bits per heavy atom. The molecule has 0 saturated carbocycles. The molecule has 17 heavy (non-hydrogen) atoms. The minimum Gasteiger partial charge on any atom is -0.310 e. The summed E-state index contributed by atoms with van der Waals surface area (Å²) in [4.78, 5) is 4.09. The smallest absolute Gasteiger partial charge is 0.140 e. The highest BCUT2D eigenvalue weighted by atomic mass is 15.3. The molecule has 5 nitrogen and oxygen atoms in total. The molecule has 1 N–H and O–H groups in total. The van der Waals surface area contributed by atoms with Crippen molar-refractivity contribution in [3.05, 3.63) is 30.0 Å². The third kappa shape index (κ3) is 2.39. The SMILES string of the molecule is Cc1nn(C)c(-n2ccnc2)c1CNC(C)C. The molecule has 0 aliphatic carbocycles. The van der Waals surface area contributed by atoms with Crippen molar-refractivity contribution in [3.8, 4) is 5.82 Å². The highest BCUT2D eigenvalue weighted by Gasteiger charge is 2.14. The molecule has 2 aromatic rings. The van der Waals surface area contributed by atoms with Crippen LogP contribution in [0.15, 0.2) is 18.7 Å². The number of imidazole rings is 1. The molecule has 0 fully saturated rings. The zero-order valence-corrected chi connectivity index (χ0v) is 10.8. The van der Waals surface area contributed by atoms with Crippen LogP contribution in [0.4, 0.5) is 0 Å². The number of aryl methyl sites for hydroxylation is 2. The number of rotatable bonds is 4. The van der Waals surface area contributed by atoms with Gasteiger partial charge in [0.25, 0.3) is 0 Å². The van der Waals surface area contributed by atoms with E-state index in [1.165, 1.54) is 5.56 Å². The number of aromatic nitrogens is 4. The van der Waals surface area contributed by atoms with E-state index in [4.69, 9.17) is 0 Å². The molecule has 0 amide bonds. The summed E-state index contributed by atoms with van der Waals surface area (Å²) in [7, 11) is 1.96. The van der Waals surface area contributed by atoms with Gasteiger partial charge in [-0.25, -0.2) is 4.98 Å². The largest absolute Gasteiger partial charge is 0.310 e.